The van der Waals surface area contributed by atoms with Crippen molar-refractivity contribution in [1.82, 2.24) is 4.98 Å². The van der Waals surface area contributed by atoms with Crippen LogP contribution in [0, 0.1) is 0 Å². The number of methoxy groups -OCH3 is 2. The van der Waals surface area contributed by atoms with Crippen molar-refractivity contribution in [3.63, 3.8) is 0 Å². The van der Waals surface area contributed by atoms with Crippen LogP contribution in [0.25, 0.3) is 17.0 Å². The number of Topliss-reactive ketones (excluding diaryl/α,β-unsaturated/α-hetero) is 1. The highest BCUT2D eigenvalue weighted by molar-refractivity contribution is 6.35. The number of ketones is 1. The van der Waals surface area contributed by atoms with Crippen molar-refractivity contribution < 1.29 is 14.3 Å². The zero-order valence-corrected chi connectivity index (χ0v) is 16.9. The Morgan fingerprint density at radius 1 is 1.00 bits per heavy atom. The summed E-state index contributed by atoms with van der Waals surface area (Å²) in [5.41, 5.74) is 3.00. The topological polar surface area (TPSA) is 64.0 Å². The minimum atomic E-state index is -0.0558. The number of aromatic nitrogens is 1. The lowest BCUT2D eigenvalue weighted by atomic mass is 9.95. The molecule has 0 unspecified atom stereocenters. The molecule has 0 fully saturated rings. The van der Waals surface area contributed by atoms with Crippen LogP contribution in [0.15, 0.2) is 59.1 Å². The van der Waals surface area contributed by atoms with Gasteiger partial charge in [0.15, 0.2) is 5.78 Å². The van der Waals surface area contributed by atoms with Gasteiger partial charge in [-0.15, -0.1) is 0 Å². The Labute approximate surface area is 174 Å². The van der Waals surface area contributed by atoms with Gasteiger partial charge in [-0.25, -0.2) is 4.98 Å². The van der Waals surface area contributed by atoms with Crippen molar-refractivity contribution in [2.75, 3.05) is 32.2 Å². The van der Waals surface area contributed by atoms with E-state index in [1.807, 2.05) is 24.3 Å². The first kappa shape index (κ1) is 18.4. The molecule has 0 saturated heterocycles. The van der Waals surface area contributed by atoms with Gasteiger partial charge in [0.2, 0.25) is 0 Å². The van der Waals surface area contributed by atoms with Crippen molar-refractivity contribution in [2.24, 2.45) is 4.99 Å². The third-order valence-electron chi connectivity index (χ3n) is 5.48. The van der Waals surface area contributed by atoms with Gasteiger partial charge in [0.05, 0.1) is 25.3 Å². The molecule has 5 rings (SSSR count). The molecule has 0 N–H and O–H groups in total. The van der Waals surface area contributed by atoms with Gasteiger partial charge in [-0.05, 0) is 61.0 Å². The van der Waals surface area contributed by atoms with Crippen LogP contribution >= 0.6 is 0 Å². The molecule has 0 saturated carbocycles. The van der Waals surface area contributed by atoms with Gasteiger partial charge in [0.25, 0.3) is 0 Å². The largest absolute Gasteiger partial charge is 0.497 e. The second-order valence-electron chi connectivity index (χ2n) is 7.29. The summed E-state index contributed by atoms with van der Waals surface area (Å²) >= 11 is 0. The van der Waals surface area contributed by atoms with Gasteiger partial charge in [-0.2, -0.15) is 0 Å². The van der Waals surface area contributed by atoms with E-state index in [-0.39, 0.29) is 5.78 Å². The minimum Gasteiger partial charge on any atom is -0.497 e. The van der Waals surface area contributed by atoms with Crippen molar-refractivity contribution in [3.8, 4) is 11.5 Å². The molecule has 0 aliphatic carbocycles. The third kappa shape index (κ3) is 3.01. The monoisotopic (exact) mass is 399 g/mol. The molecular weight excluding hydrogens is 378 g/mol. The number of fused-ring (bicyclic) bond motifs is 4. The molecule has 2 aromatic carbocycles. The molecule has 3 heterocycles. The van der Waals surface area contributed by atoms with E-state index < -0.39 is 0 Å². The lowest BCUT2D eigenvalue weighted by molar-refractivity contribution is 0.104. The summed E-state index contributed by atoms with van der Waals surface area (Å²) in [5.74, 6) is 2.99. The minimum absolute atomic E-state index is 0.0558. The number of nitrogens with zero attached hydrogens (tertiary/aromatic N) is 3. The Bertz CT molecular complexity index is 1210. The SMILES string of the molecule is COc1ccc(C(=O)C2=Cc3cc4cc(OC)ccc4nc3N3CCCN=C23)cc1. The third-order valence-corrected chi connectivity index (χ3v) is 5.48. The summed E-state index contributed by atoms with van der Waals surface area (Å²) < 4.78 is 10.6. The molecule has 3 aromatic rings. The highest BCUT2D eigenvalue weighted by Crippen LogP contribution is 2.35. The van der Waals surface area contributed by atoms with Gasteiger partial charge in [-0.1, -0.05) is 0 Å². The van der Waals surface area contributed by atoms with Gasteiger partial charge < -0.3 is 14.4 Å². The molecule has 6 nitrogen and oxygen atoms in total. The first-order valence-electron chi connectivity index (χ1n) is 9.89. The summed E-state index contributed by atoms with van der Waals surface area (Å²) in [6.45, 7) is 1.49. The van der Waals surface area contributed by atoms with Gasteiger partial charge in [0, 0.05) is 29.6 Å². The Kier molecular flexibility index (Phi) is 4.47. The highest BCUT2D eigenvalue weighted by Gasteiger charge is 2.32. The normalized spacial score (nSPS) is 15.1. The van der Waals surface area contributed by atoms with Crippen LogP contribution in [0.3, 0.4) is 0 Å². The van der Waals surface area contributed by atoms with Gasteiger partial charge in [0.1, 0.15) is 23.2 Å². The summed E-state index contributed by atoms with van der Waals surface area (Å²) in [6.07, 6.45) is 2.84. The molecular formula is C24H21N3O3. The van der Waals surface area contributed by atoms with E-state index in [2.05, 4.69) is 16.0 Å². The fourth-order valence-corrected chi connectivity index (χ4v) is 3.94. The number of hydrogen-bond donors (Lipinski definition) is 0. The number of anilines is 1. The van der Waals surface area contributed by atoms with Crippen LogP contribution in [0.5, 0.6) is 11.5 Å². The fraction of sp³-hybridized carbons (Fsp3) is 0.208. The fourth-order valence-electron chi connectivity index (χ4n) is 3.94. The first-order valence-corrected chi connectivity index (χ1v) is 9.89. The van der Waals surface area contributed by atoms with Crippen LogP contribution in [0.1, 0.15) is 22.3 Å². The van der Waals surface area contributed by atoms with E-state index >= 15 is 0 Å². The number of hydrogen-bond acceptors (Lipinski definition) is 6. The van der Waals surface area contributed by atoms with Crippen LogP contribution < -0.4 is 14.4 Å². The molecule has 0 bridgehead atoms. The Morgan fingerprint density at radius 3 is 2.53 bits per heavy atom. The molecule has 6 heteroatoms. The molecule has 0 amide bonds. The van der Waals surface area contributed by atoms with E-state index in [1.54, 1.807) is 38.5 Å². The average molecular weight is 399 g/mol. The van der Waals surface area contributed by atoms with E-state index in [4.69, 9.17) is 14.5 Å². The molecule has 150 valence electrons. The Balaban J connectivity index is 1.65. The Hall–Kier alpha value is -3.67. The predicted octanol–water partition coefficient (Wildman–Crippen LogP) is 4.14. The molecule has 0 radical (unpaired) electrons. The number of carbonyl (C=O) groups excluding carboxylic acids is 1. The molecule has 0 spiro atoms. The standard InChI is InChI=1S/C24H21N3O3/c1-29-18-6-4-15(5-7-18)22(28)20-14-17-12-16-13-19(30-2)8-9-21(16)26-23(17)27-11-3-10-25-24(20)27/h4-9,12-14H,3,10-11H2,1-2H3. The van der Waals surface area contributed by atoms with Crippen LogP contribution in [0.4, 0.5) is 5.82 Å². The molecule has 1 aromatic heterocycles. The van der Waals surface area contributed by atoms with Crippen molar-refractivity contribution in [2.45, 2.75) is 6.42 Å². The lowest BCUT2D eigenvalue weighted by Gasteiger charge is -2.33. The zero-order valence-electron chi connectivity index (χ0n) is 16.9. The quantitative estimate of drug-likeness (QED) is 0.617. The molecule has 30 heavy (non-hydrogen) atoms. The average Bonchev–Trinajstić information content (AvgIpc) is 2.81. The predicted molar refractivity (Wildman–Crippen MR) is 118 cm³/mol. The van der Waals surface area contributed by atoms with Crippen LogP contribution in [-0.2, 0) is 0 Å². The molecule has 2 aliphatic heterocycles. The number of amidine groups is 1. The first-order chi connectivity index (χ1) is 14.7. The number of carbonyl (C=O) groups is 1. The second kappa shape index (κ2) is 7.30. The van der Waals surface area contributed by atoms with Crippen molar-refractivity contribution >= 4 is 34.4 Å². The van der Waals surface area contributed by atoms with Crippen molar-refractivity contribution in [1.29, 1.82) is 0 Å². The number of benzene rings is 2. The lowest BCUT2D eigenvalue weighted by Crippen LogP contribution is -2.41. The van der Waals surface area contributed by atoms with E-state index in [0.717, 1.165) is 46.7 Å². The smallest absolute Gasteiger partial charge is 0.196 e. The summed E-state index contributed by atoms with van der Waals surface area (Å²) in [5, 5.41) is 0.970. The maximum absolute atomic E-state index is 13.4. The number of aliphatic imine (C=N–C) groups is 1. The van der Waals surface area contributed by atoms with Crippen LogP contribution in [-0.4, -0.2) is 43.9 Å². The number of ether oxygens (including phenoxy) is 2. The van der Waals surface area contributed by atoms with Gasteiger partial charge >= 0.3 is 0 Å². The van der Waals surface area contributed by atoms with E-state index in [9.17, 15) is 4.79 Å². The maximum Gasteiger partial charge on any atom is 0.196 e. The summed E-state index contributed by atoms with van der Waals surface area (Å²) in [4.78, 5) is 25.0. The van der Waals surface area contributed by atoms with Crippen LogP contribution in [0.2, 0.25) is 0 Å². The maximum atomic E-state index is 13.4. The summed E-state index contributed by atoms with van der Waals surface area (Å²) in [6, 6.07) is 15.1. The van der Waals surface area contributed by atoms with E-state index in [1.165, 1.54) is 0 Å². The Morgan fingerprint density at radius 2 is 1.77 bits per heavy atom. The van der Waals surface area contributed by atoms with Crippen molar-refractivity contribution in [3.05, 3.63) is 65.2 Å². The molecule has 2 aliphatic rings. The molecule has 0 atom stereocenters. The summed E-state index contributed by atoms with van der Waals surface area (Å²) in [7, 11) is 3.26. The van der Waals surface area contributed by atoms with Gasteiger partial charge in [-0.3, -0.25) is 9.79 Å². The zero-order chi connectivity index (χ0) is 20.7. The van der Waals surface area contributed by atoms with E-state index in [0.29, 0.717) is 23.5 Å². The highest BCUT2D eigenvalue weighted by atomic mass is 16.5. The second-order valence-corrected chi connectivity index (χ2v) is 7.29. The number of pyridine rings is 1. The number of rotatable bonds is 4.